The van der Waals surface area contributed by atoms with Crippen molar-refractivity contribution in [1.82, 2.24) is 9.80 Å². The van der Waals surface area contributed by atoms with Crippen molar-refractivity contribution in [3.8, 4) is 0 Å². The number of benzene rings is 1. The van der Waals surface area contributed by atoms with E-state index in [1.54, 1.807) is 0 Å². The molecule has 3 unspecified atom stereocenters. The van der Waals surface area contributed by atoms with Gasteiger partial charge in [-0.25, -0.2) is 0 Å². The van der Waals surface area contributed by atoms with Gasteiger partial charge in [0.15, 0.2) is 0 Å². The predicted octanol–water partition coefficient (Wildman–Crippen LogP) is 2.31. The second-order valence-corrected chi connectivity index (χ2v) is 6.40. The largest absolute Gasteiger partial charge is 0.459 e. The molecule has 0 aliphatic carbocycles. The molecule has 2 N–H and O–H groups in total. The van der Waals surface area contributed by atoms with E-state index < -0.39 is 0 Å². The van der Waals surface area contributed by atoms with Gasteiger partial charge in [0, 0.05) is 31.1 Å². The van der Waals surface area contributed by atoms with Crippen LogP contribution in [0, 0.1) is 5.92 Å². The molecule has 0 radical (unpaired) electrons. The summed E-state index contributed by atoms with van der Waals surface area (Å²) in [6.07, 6.45) is 0. The summed E-state index contributed by atoms with van der Waals surface area (Å²) >= 11 is 0. The molecule has 21 heavy (non-hydrogen) atoms. The van der Waals surface area contributed by atoms with Crippen LogP contribution in [0.3, 0.4) is 0 Å². The summed E-state index contributed by atoms with van der Waals surface area (Å²) in [5.74, 6) is 1.64. The number of hydrogen-bond donors (Lipinski definition) is 1. The van der Waals surface area contributed by atoms with Crippen LogP contribution in [0.5, 0.6) is 0 Å². The smallest absolute Gasteiger partial charge is 0.134 e. The van der Waals surface area contributed by atoms with E-state index in [4.69, 9.17) is 10.2 Å². The zero-order valence-electron chi connectivity index (χ0n) is 13.1. The molecule has 0 amide bonds. The summed E-state index contributed by atoms with van der Waals surface area (Å²) in [5.41, 5.74) is 7.00. The predicted molar refractivity (Wildman–Crippen MR) is 86.2 cm³/mol. The molecule has 1 aromatic carbocycles. The highest BCUT2D eigenvalue weighted by Crippen LogP contribution is 2.31. The van der Waals surface area contributed by atoms with Gasteiger partial charge in [0.1, 0.15) is 11.3 Å². The minimum absolute atomic E-state index is 0.171. The molecular weight excluding hydrogens is 262 g/mol. The molecule has 0 bridgehead atoms. The molecule has 4 heteroatoms. The molecule has 0 spiro atoms. The van der Waals surface area contributed by atoms with Crippen LogP contribution in [0.15, 0.2) is 34.7 Å². The first-order valence-electron chi connectivity index (χ1n) is 7.69. The topological polar surface area (TPSA) is 45.6 Å². The van der Waals surface area contributed by atoms with Gasteiger partial charge in [-0.1, -0.05) is 25.1 Å². The van der Waals surface area contributed by atoms with Crippen molar-refractivity contribution in [2.45, 2.75) is 19.0 Å². The molecule has 3 rings (SSSR count). The Morgan fingerprint density at radius 1 is 1.33 bits per heavy atom. The van der Waals surface area contributed by atoms with Crippen LogP contribution in [0.2, 0.25) is 0 Å². The molecule has 4 nitrogen and oxygen atoms in total. The van der Waals surface area contributed by atoms with Crippen molar-refractivity contribution in [3.63, 3.8) is 0 Å². The molecule has 1 fully saturated rings. The van der Waals surface area contributed by atoms with E-state index in [0.29, 0.717) is 18.5 Å². The Bertz CT molecular complexity index is 574. The average molecular weight is 287 g/mol. The van der Waals surface area contributed by atoms with Gasteiger partial charge in [0.05, 0.1) is 6.04 Å². The zero-order valence-corrected chi connectivity index (χ0v) is 13.1. The summed E-state index contributed by atoms with van der Waals surface area (Å²) in [7, 11) is 4.31. The molecule has 1 aliphatic rings. The van der Waals surface area contributed by atoms with Crippen molar-refractivity contribution < 1.29 is 4.42 Å². The standard InChI is InChI=1S/C17H25N3O/c1-12-10-20(11-15(12)19(2)3)14(9-18)17-8-13-6-4-5-7-16(13)21-17/h4-8,12,14-15H,9-11,18H2,1-3H3. The van der Waals surface area contributed by atoms with Gasteiger partial charge >= 0.3 is 0 Å². The molecule has 0 saturated carbocycles. The van der Waals surface area contributed by atoms with Crippen LogP contribution in [0.4, 0.5) is 0 Å². The van der Waals surface area contributed by atoms with Crippen LogP contribution >= 0.6 is 0 Å². The van der Waals surface area contributed by atoms with Gasteiger partial charge in [-0.15, -0.1) is 0 Å². The summed E-state index contributed by atoms with van der Waals surface area (Å²) < 4.78 is 6.03. The number of furan rings is 1. The molecule has 1 aromatic heterocycles. The van der Waals surface area contributed by atoms with E-state index in [0.717, 1.165) is 29.8 Å². The maximum absolute atomic E-state index is 6.06. The zero-order chi connectivity index (χ0) is 15.0. The monoisotopic (exact) mass is 287 g/mol. The fourth-order valence-electron chi connectivity index (χ4n) is 3.52. The van der Waals surface area contributed by atoms with Crippen molar-refractivity contribution in [3.05, 3.63) is 36.1 Å². The fourth-order valence-corrected chi connectivity index (χ4v) is 3.52. The fraction of sp³-hybridized carbons (Fsp3) is 0.529. The Morgan fingerprint density at radius 3 is 2.71 bits per heavy atom. The summed E-state index contributed by atoms with van der Waals surface area (Å²) in [6.45, 7) is 5.03. The third-order valence-electron chi connectivity index (χ3n) is 4.70. The van der Waals surface area contributed by atoms with Crippen molar-refractivity contribution in [2.24, 2.45) is 11.7 Å². The summed E-state index contributed by atoms with van der Waals surface area (Å²) in [4.78, 5) is 4.78. The Kier molecular flexibility index (Phi) is 4.02. The number of likely N-dealkylation sites (N-methyl/N-ethyl adjacent to an activating group) is 1. The molecular formula is C17H25N3O. The SMILES string of the molecule is CC1CN(C(CN)c2cc3ccccc3o2)CC1N(C)C. The Labute approximate surface area is 126 Å². The third-order valence-corrected chi connectivity index (χ3v) is 4.70. The van der Waals surface area contributed by atoms with E-state index in [1.807, 2.05) is 18.2 Å². The van der Waals surface area contributed by atoms with Gasteiger partial charge in [-0.2, -0.15) is 0 Å². The average Bonchev–Trinajstić information content (AvgIpc) is 3.03. The molecule has 1 saturated heterocycles. The lowest BCUT2D eigenvalue weighted by molar-refractivity contribution is 0.201. The molecule has 2 aromatic rings. The lowest BCUT2D eigenvalue weighted by atomic mass is 10.1. The van der Waals surface area contributed by atoms with Gasteiger partial charge in [0.25, 0.3) is 0 Å². The lowest BCUT2D eigenvalue weighted by Gasteiger charge is -2.26. The molecule has 2 heterocycles. The normalized spacial score (nSPS) is 25.0. The quantitative estimate of drug-likeness (QED) is 0.937. The minimum atomic E-state index is 0.171. The first-order valence-corrected chi connectivity index (χ1v) is 7.69. The number of fused-ring (bicyclic) bond motifs is 1. The molecule has 1 aliphatic heterocycles. The maximum atomic E-state index is 6.06. The van der Waals surface area contributed by atoms with Crippen LogP contribution in [-0.2, 0) is 0 Å². The number of hydrogen-bond acceptors (Lipinski definition) is 4. The summed E-state index contributed by atoms with van der Waals surface area (Å²) in [5, 5.41) is 1.15. The highest BCUT2D eigenvalue weighted by atomic mass is 16.3. The number of nitrogens with zero attached hydrogens (tertiary/aromatic N) is 2. The third kappa shape index (κ3) is 2.71. The van der Waals surface area contributed by atoms with Gasteiger partial charge in [0.2, 0.25) is 0 Å². The second kappa shape index (κ2) is 5.79. The Balaban J connectivity index is 1.85. The van der Waals surface area contributed by atoms with E-state index in [1.165, 1.54) is 0 Å². The second-order valence-electron chi connectivity index (χ2n) is 6.40. The first-order chi connectivity index (χ1) is 10.1. The number of nitrogens with two attached hydrogens (primary N) is 1. The first kappa shape index (κ1) is 14.6. The van der Waals surface area contributed by atoms with Crippen molar-refractivity contribution in [1.29, 1.82) is 0 Å². The number of para-hydroxylation sites is 1. The van der Waals surface area contributed by atoms with E-state index >= 15 is 0 Å². The number of likely N-dealkylation sites (tertiary alicyclic amines) is 1. The minimum Gasteiger partial charge on any atom is -0.459 e. The van der Waals surface area contributed by atoms with Crippen LogP contribution < -0.4 is 5.73 Å². The van der Waals surface area contributed by atoms with E-state index in [9.17, 15) is 0 Å². The molecule has 3 atom stereocenters. The Morgan fingerprint density at radius 2 is 2.10 bits per heavy atom. The van der Waals surface area contributed by atoms with Crippen LogP contribution in [-0.4, -0.2) is 49.6 Å². The summed E-state index contributed by atoms with van der Waals surface area (Å²) in [6, 6.07) is 11.0. The van der Waals surface area contributed by atoms with Crippen LogP contribution in [0.25, 0.3) is 11.0 Å². The van der Waals surface area contributed by atoms with Gasteiger partial charge in [-0.3, -0.25) is 4.90 Å². The van der Waals surface area contributed by atoms with E-state index in [2.05, 4.69) is 43.0 Å². The highest BCUT2D eigenvalue weighted by Gasteiger charge is 2.35. The van der Waals surface area contributed by atoms with E-state index in [-0.39, 0.29) is 6.04 Å². The van der Waals surface area contributed by atoms with Crippen molar-refractivity contribution >= 4 is 11.0 Å². The Hall–Kier alpha value is -1.36. The van der Waals surface area contributed by atoms with Crippen LogP contribution in [0.1, 0.15) is 18.7 Å². The van der Waals surface area contributed by atoms with Gasteiger partial charge in [-0.05, 0) is 32.1 Å². The molecule has 114 valence electrons. The van der Waals surface area contributed by atoms with Crippen molar-refractivity contribution in [2.75, 3.05) is 33.7 Å². The van der Waals surface area contributed by atoms with Gasteiger partial charge < -0.3 is 15.1 Å². The number of rotatable bonds is 4. The highest BCUT2D eigenvalue weighted by molar-refractivity contribution is 5.77. The maximum Gasteiger partial charge on any atom is 0.134 e. The lowest BCUT2D eigenvalue weighted by Crippen LogP contribution is -2.36.